The molecule has 0 atom stereocenters. The first kappa shape index (κ1) is 17.4. The molecule has 3 rings (SSSR count). The van der Waals surface area contributed by atoms with Crippen LogP contribution < -0.4 is 5.32 Å². The molecule has 2 heterocycles. The number of carbonyl (C=O) groups is 1. The van der Waals surface area contributed by atoms with Crippen molar-refractivity contribution in [2.24, 2.45) is 0 Å². The number of aromatic nitrogens is 4. The minimum absolute atomic E-state index is 0.0159. The van der Waals surface area contributed by atoms with Crippen molar-refractivity contribution >= 4 is 11.6 Å². The SMILES string of the molecule is O=C(Cc1ccc(C(F)(F)F)cc1)Nc1cnc(-n2cccn2)nc1O. The average molecular weight is 363 g/mol. The predicted octanol–water partition coefficient (Wildman–Crippen LogP) is 2.57. The summed E-state index contributed by atoms with van der Waals surface area (Å²) in [5.41, 5.74) is -0.413. The van der Waals surface area contributed by atoms with E-state index < -0.39 is 23.5 Å². The van der Waals surface area contributed by atoms with Crippen LogP contribution in [0.25, 0.3) is 5.95 Å². The number of halogens is 3. The van der Waals surface area contributed by atoms with E-state index in [1.165, 1.54) is 29.2 Å². The van der Waals surface area contributed by atoms with Crippen molar-refractivity contribution in [1.29, 1.82) is 0 Å². The van der Waals surface area contributed by atoms with E-state index in [1.807, 2.05) is 0 Å². The fourth-order valence-electron chi connectivity index (χ4n) is 2.14. The molecule has 0 bridgehead atoms. The monoisotopic (exact) mass is 363 g/mol. The number of amides is 1. The lowest BCUT2D eigenvalue weighted by Crippen LogP contribution is -2.15. The number of carbonyl (C=O) groups excluding carboxylic acids is 1. The van der Waals surface area contributed by atoms with Gasteiger partial charge in [-0.05, 0) is 23.8 Å². The third-order valence-electron chi connectivity index (χ3n) is 3.39. The second-order valence-electron chi connectivity index (χ2n) is 5.28. The Hall–Kier alpha value is -3.43. The van der Waals surface area contributed by atoms with E-state index in [2.05, 4.69) is 20.4 Å². The Morgan fingerprint density at radius 2 is 1.96 bits per heavy atom. The van der Waals surface area contributed by atoms with Crippen molar-refractivity contribution in [3.05, 3.63) is 60.0 Å². The van der Waals surface area contributed by atoms with Gasteiger partial charge in [0.25, 0.3) is 5.95 Å². The number of alkyl halides is 3. The maximum atomic E-state index is 12.5. The van der Waals surface area contributed by atoms with Crippen LogP contribution in [0, 0.1) is 0 Å². The maximum Gasteiger partial charge on any atom is 0.416 e. The van der Waals surface area contributed by atoms with E-state index in [1.54, 1.807) is 12.3 Å². The van der Waals surface area contributed by atoms with Crippen LogP contribution >= 0.6 is 0 Å². The fourth-order valence-corrected chi connectivity index (χ4v) is 2.14. The van der Waals surface area contributed by atoms with Gasteiger partial charge in [-0.3, -0.25) is 4.79 Å². The highest BCUT2D eigenvalue weighted by atomic mass is 19.4. The number of aromatic hydroxyl groups is 1. The van der Waals surface area contributed by atoms with E-state index in [9.17, 15) is 23.1 Å². The summed E-state index contributed by atoms with van der Waals surface area (Å²) in [4.78, 5) is 19.8. The Morgan fingerprint density at radius 3 is 2.54 bits per heavy atom. The first-order valence-corrected chi connectivity index (χ1v) is 7.35. The van der Waals surface area contributed by atoms with Crippen molar-refractivity contribution < 1.29 is 23.1 Å². The molecule has 2 aromatic heterocycles. The Bertz CT molecular complexity index is 909. The van der Waals surface area contributed by atoms with Gasteiger partial charge in [-0.1, -0.05) is 12.1 Å². The molecule has 26 heavy (non-hydrogen) atoms. The van der Waals surface area contributed by atoms with Crippen LogP contribution in [0.3, 0.4) is 0 Å². The van der Waals surface area contributed by atoms with Gasteiger partial charge in [0.2, 0.25) is 11.8 Å². The van der Waals surface area contributed by atoms with Gasteiger partial charge < -0.3 is 10.4 Å². The van der Waals surface area contributed by atoms with E-state index in [-0.39, 0.29) is 18.1 Å². The van der Waals surface area contributed by atoms with Crippen molar-refractivity contribution in [3.63, 3.8) is 0 Å². The molecule has 2 N–H and O–H groups in total. The summed E-state index contributed by atoms with van der Waals surface area (Å²) in [5.74, 6) is -0.866. The zero-order chi connectivity index (χ0) is 18.7. The molecule has 0 saturated heterocycles. The van der Waals surface area contributed by atoms with E-state index >= 15 is 0 Å². The smallest absolute Gasteiger partial charge is 0.416 e. The molecule has 1 amide bonds. The third kappa shape index (κ3) is 3.97. The predicted molar refractivity (Wildman–Crippen MR) is 84.6 cm³/mol. The number of rotatable bonds is 4. The Morgan fingerprint density at radius 1 is 1.23 bits per heavy atom. The molecule has 0 spiro atoms. The van der Waals surface area contributed by atoms with Gasteiger partial charge in [-0.15, -0.1) is 0 Å². The molecule has 0 aliphatic heterocycles. The number of hydrogen-bond donors (Lipinski definition) is 2. The third-order valence-corrected chi connectivity index (χ3v) is 3.39. The normalized spacial score (nSPS) is 11.3. The average Bonchev–Trinajstić information content (AvgIpc) is 3.11. The summed E-state index contributed by atoms with van der Waals surface area (Å²) in [6.45, 7) is 0. The number of nitrogens with zero attached hydrogens (tertiary/aromatic N) is 4. The van der Waals surface area contributed by atoms with Crippen molar-refractivity contribution in [1.82, 2.24) is 19.7 Å². The molecule has 3 aromatic rings. The van der Waals surface area contributed by atoms with Crippen molar-refractivity contribution in [2.75, 3.05) is 5.32 Å². The van der Waals surface area contributed by atoms with Crippen LogP contribution in [0.2, 0.25) is 0 Å². The zero-order valence-corrected chi connectivity index (χ0v) is 13.1. The molecule has 0 unspecified atom stereocenters. The number of anilines is 1. The lowest BCUT2D eigenvalue weighted by atomic mass is 10.1. The molecule has 1 aromatic carbocycles. The zero-order valence-electron chi connectivity index (χ0n) is 13.1. The minimum Gasteiger partial charge on any atom is -0.492 e. The molecule has 0 radical (unpaired) electrons. The topological polar surface area (TPSA) is 92.9 Å². The molecule has 7 nitrogen and oxygen atoms in total. The molecule has 10 heteroatoms. The summed E-state index contributed by atoms with van der Waals surface area (Å²) >= 11 is 0. The lowest BCUT2D eigenvalue weighted by molar-refractivity contribution is -0.137. The summed E-state index contributed by atoms with van der Waals surface area (Å²) in [5, 5.41) is 16.2. The molecular weight excluding hydrogens is 351 g/mol. The Kier molecular flexibility index (Phi) is 4.57. The maximum absolute atomic E-state index is 12.5. The van der Waals surface area contributed by atoms with Crippen LogP contribution in [-0.4, -0.2) is 30.8 Å². The molecule has 0 saturated carbocycles. The van der Waals surface area contributed by atoms with Gasteiger partial charge in [-0.2, -0.15) is 23.3 Å². The van der Waals surface area contributed by atoms with Gasteiger partial charge in [0, 0.05) is 12.4 Å². The van der Waals surface area contributed by atoms with E-state index in [4.69, 9.17) is 0 Å². The van der Waals surface area contributed by atoms with Gasteiger partial charge in [-0.25, -0.2) is 9.67 Å². The van der Waals surface area contributed by atoms with E-state index in [0.29, 0.717) is 5.56 Å². The quantitative estimate of drug-likeness (QED) is 0.743. The van der Waals surface area contributed by atoms with Crippen LogP contribution in [-0.2, 0) is 17.4 Å². The van der Waals surface area contributed by atoms with Crippen molar-refractivity contribution in [3.8, 4) is 11.8 Å². The van der Waals surface area contributed by atoms with E-state index in [0.717, 1.165) is 12.1 Å². The second kappa shape index (κ2) is 6.82. The Labute approximate surface area is 145 Å². The largest absolute Gasteiger partial charge is 0.492 e. The van der Waals surface area contributed by atoms with Gasteiger partial charge in [0.1, 0.15) is 5.69 Å². The first-order chi connectivity index (χ1) is 12.3. The van der Waals surface area contributed by atoms with Crippen LogP contribution in [0.1, 0.15) is 11.1 Å². The summed E-state index contributed by atoms with van der Waals surface area (Å²) in [7, 11) is 0. The Balaban J connectivity index is 1.66. The molecule has 0 aliphatic rings. The number of benzene rings is 1. The number of nitrogens with one attached hydrogen (secondary N) is 1. The molecule has 0 aliphatic carbocycles. The fraction of sp³-hybridized carbons (Fsp3) is 0.125. The first-order valence-electron chi connectivity index (χ1n) is 7.35. The van der Waals surface area contributed by atoms with Gasteiger partial charge in [0.15, 0.2) is 0 Å². The lowest BCUT2D eigenvalue weighted by Gasteiger charge is -2.09. The van der Waals surface area contributed by atoms with Crippen LogP contribution in [0.5, 0.6) is 5.88 Å². The highest BCUT2D eigenvalue weighted by Gasteiger charge is 2.30. The minimum atomic E-state index is -4.43. The molecule has 134 valence electrons. The summed E-state index contributed by atoms with van der Waals surface area (Å²) in [6, 6.07) is 5.91. The summed E-state index contributed by atoms with van der Waals surface area (Å²) < 4.78 is 38.9. The van der Waals surface area contributed by atoms with Crippen LogP contribution in [0.15, 0.2) is 48.9 Å². The second-order valence-corrected chi connectivity index (χ2v) is 5.28. The summed E-state index contributed by atoms with van der Waals surface area (Å²) in [6.07, 6.45) is -0.291. The van der Waals surface area contributed by atoms with Gasteiger partial charge in [0.05, 0.1) is 18.2 Å². The highest BCUT2D eigenvalue weighted by Crippen LogP contribution is 2.29. The molecule has 0 fully saturated rings. The standard InChI is InChI=1S/C16H12F3N5O2/c17-16(18,19)11-4-2-10(3-5-11)8-13(25)22-12-9-20-15(23-14(12)26)24-7-1-6-21-24/h1-7,9H,8H2,(H,22,25)(H,20,23,26). The van der Waals surface area contributed by atoms with Crippen LogP contribution in [0.4, 0.5) is 18.9 Å². The highest BCUT2D eigenvalue weighted by molar-refractivity contribution is 5.93. The number of hydrogen-bond acceptors (Lipinski definition) is 5. The van der Waals surface area contributed by atoms with Gasteiger partial charge >= 0.3 is 6.18 Å². The molecular formula is C16H12F3N5O2. The van der Waals surface area contributed by atoms with Crippen molar-refractivity contribution in [2.45, 2.75) is 12.6 Å².